The number of amides is 1. The summed E-state index contributed by atoms with van der Waals surface area (Å²) in [6.45, 7) is 2.05. The van der Waals surface area contributed by atoms with Crippen LogP contribution in [0.25, 0.3) is 0 Å². The van der Waals surface area contributed by atoms with Crippen LogP contribution in [0, 0.1) is 0 Å². The lowest BCUT2D eigenvalue weighted by Gasteiger charge is -2.28. The maximum atomic E-state index is 12.1. The third-order valence-electron chi connectivity index (χ3n) is 3.29. The second kappa shape index (κ2) is 6.24. The molecule has 1 aromatic rings. The smallest absolute Gasteiger partial charge is 0.265 e. The number of aromatic nitrogens is 2. The second-order valence-electron chi connectivity index (χ2n) is 4.73. The first kappa shape index (κ1) is 13.4. The molecule has 0 aromatic carbocycles. The number of aliphatic hydroxyl groups excluding tert-OH is 1. The van der Waals surface area contributed by atoms with Crippen molar-refractivity contribution in [2.75, 3.05) is 0 Å². The summed E-state index contributed by atoms with van der Waals surface area (Å²) in [6.07, 6.45) is 5.01. The number of hydrogen-bond donors (Lipinski definition) is 2. The van der Waals surface area contributed by atoms with E-state index < -0.39 is 6.10 Å². The molecule has 0 radical (unpaired) electrons. The Morgan fingerprint density at radius 1 is 1.50 bits per heavy atom. The van der Waals surface area contributed by atoms with Crippen LogP contribution in [0.5, 0.6) is 0 Å². The molecule has 1 aromatic heterocycles. The van der Waals surface area contributed by atoms with Gasteiger partial charge in [0.1, 0.15) is 4.88 Å². The van der Waals surface area contributed by atoms with E-state index in [4.69, 9.17) is 0 Å². The van der Waals surface area contributed by atoms with Crippen molar-refractivity contribution >= 4 is 17.4 Å². The highest BCUT2D eigenvalue weighted by atomic mass is 32.1. The number of aliphatic hydroxyl groups is 1. The summed E-state index contributed by atoms with van der Waals surface area (Å²) in [5.41, 5.74) is 0.769. The lowest BCUT2D eigenvalue weighted by Crippen LogP contribution is -2.45. The number of nitrogens with zero attached hydrogens (tertiary/aromatic N) is 2. The Kier molecular flexibility index (Phi) is 4.66. The molecule has 1 heterocycles. The van der Waals surface area contributed by atoms with Crippen molar-refractivity contribution in [3.8, 4) is 0 Å². The SMILES string of the molecule is CCCc1nnsc1C(=O)NC1CCCCC1O. The van der Waals surface area contributed by atoms with Crippen LogP contribution in [0.4, 0.5) is 0 Å². The molecule has 1 aliphatic rings. The van der Waals surface area contributed by atoms with Crippen molar-refractivity contribution in [1.82, 2.24) is 14.9 Å². The number of nitrogens with one attached hydrogen (secondary N) is 1. The van der Waals surface area contributed by atoms with E-state index in [2.05, 4.69) is 14.9 Å². The number of rotatable bonds is 4. The Morgan fingerprint density at radius 2 is 2.28 bits per heavy atom. The summed E-state index contributed by atoms with van der Waals surface area (Å²) in [5, 5.41) is 16.7. The standard InChI is InChI=1S/C12H19N3O2S/c1-2-5-9-11(18-15-14-9)12(17)13-8-6-3-4-7-10(8)16/h8,10,16H,2-7H2,1H3,(H,13,17). The predicted molar refractivity (Wildman–Crippen MR) is 69.6 cm³/mol. The van der Waals surface area contributed by atoms with Gasteiger partial charge in [0.2, 0.25) is 0 Å². The molecule has 18 heavy (non-hydrogen) atoms. The van der Waals surface area contributed by atoms with Crippen molar-refractivity contribution < 1.29 is 9.90 Å². The fourth-order valence-electron chi connectivity index (χ4n) is 2.30. The molecule has 0 bridgehead atoms. The normalized spacial score (nSPS) is 23.9. The maximum Gasteiger partial charge on any atom is 0.265 e. The molecule has 6 heteroatoms. The summed E-state index contributed by atoms with van der Waals surface area (Å²) in [6, 6.07) is -0.122. The van der Waals surface area contributed by atoms with E-state index in [1.165, 1.54) is 0 Å². The zero-order valence-electron chi connectivity index (χ0n) is 10.6. The molecular formula is C12H19N3O2S. The van der Waals surface area contributed by atoms with Crippen LogP contribution >= 0.6 is 11.5 Å². The number of aryl methyl sites for hydroxylation is 1. The Bertz CT molecular complexity index is 408. The quantitative estimate of drug-likeness (QED) is 0.869. The van der Waals surface area contributed by atoms with Gasteiger partial charge in [-0.2, -0.15) is 0 Å². The summed E-state index contributed by atoms with van der Waals surface area (Å²) in [7, 11) is 0. The molecule has 2 N–H and O–H groups in total. The fraction of sp³-hybridized carbons (Fsp3) is 0.750. The Balaban J connectivity index is 2.00. The summed E-state index contributed by atoms with van der Waals surface area (Å²) < 4.78 is 3.84. The third-order valence-corrected chi connectivity index (χ3v) is 4.06. The summed E-state index contributed by atoms with van der Waals surface area (Å²) in [4.78, 5) is 12.7. The van der Waals surface area contributed by atoms with Crippen LogP contribution in [0.3, 0.4) is 0 Å². The van der Waals surface area contributed by atoms with Gasteiger partial charge in [-0.05, 0) is 30.8 Å². The van der Waals surface area contributed by atoms with Gasteiger partial charge in [-0.1, -0.05) is 30.7 Å². The van der Waals surface area contributed by atoms with E-state index >= 15 is 0 Å². The molecule has 1 amide bonds. The van der Waals surface area contributed by atoms with Crippen LogP contribution in [0.15, 0.2) is 0 Å². The topological polar surface area (TPSA) is 75.1 Å². The highest BCUT2D eigenvalue weighted by Crippen LogP contribution is 2.20. The lowest BCUT2D eigenvalue weighted by atomic mass is 9.92. The Labute approximate surface area is 111 Å². The first-order valence-electron chi connectivity index (χ1n) is 6.52. The van der Waals surface area contributed by atoms with E-state index in [9.17, 15) is 9.90 Å². The first-order valence-corrected chi connectivity index (χ1v) is 7.30. The molecule has 0 aliphatic heterocycles. The van der Waals surface area contributed by atoms with E-state index in [0.717, 1.165) is 55.8 Å². The van der Waals surface area contributed by atoms with Crippen LogP contribution in [-0.2, 0) is 6.42 Å². The molecule has 0 spiro atoms. The summed E-state index contributed by atoms with van der Waals surface area (Å²) in [5.74, 6) is -0.139. The molecule has 1 fully saturated rings. The van der Waals surface area contributed by atoms with Crippen molar-refractivity contribution in [2.24, 2.45) is 0 Å². The average molecular weight is 269 g/mol. The Morgan fingerprint density at radius 3 is 3.00 bits per heavy atom. The maximum absolute atomic E-state index is 12.1. The largest absolute Gasteiger partial charge is 0.391 e. The molecule has 2 unspecified atom stereocenters. The molecule has 1 aliphatic carbocycles. The van der Waals surface area contributed by atoms with Crippen molar-refractivity contribution in [3.05, 3.63) is 10.6 Å². The molecule has 1 saturated carbocycles. The highest BCUT2D eigenvalue weighted by Gasteiger charge is 2.26. The van der Waals surface area contributed by atoms with Gasteiger partial charge >= 0.3 is 0 Å². The molecule has 2 atom stereocenters. The monoisotopic (exact) mass is 269 g/mol. The van der Waals surface area contributed by atoms with Crippen LogP contribution in [0.1, 0.15) is 54.4 Å². The van der Waals surface area contributed by atoms with Gasteiger partial charge in [0.15, 0.2) is 0 Å². The van der Waals surface area contributed by atoms with Crippen LogP contribution in [-0.4, -0.2) is 32.7 Å². The zero-order chi connectivity index (χ0) is 13.0. The lowest BCUT2D eigenvalue weighted by molar-refractivity contribution is 0.0719. The molecule has 100 valence electrons. The first-order chi connectivity index (χ1) is 8.72. The fourth-order valence-corrected chi connectivity index (χ4v) is 2.91. The minimum absolute atomic E-state index is 0.122. The van der Waals surface area contributed by atoms with E-state index in [-0.39, 0.29) is 11.9 Å². The minimum atomic E-state index is -0.418. The molecule has 2 rings (SSSR count). The number of hydrogen-bond acceptors (Lipinski definition) is 5. The van der Waals surface area contributed by atoms with Gasteiger partial charge < -0.3 is 10.4 Å². The van der Waals surface area contributed by atoms with Gasteiger partial charge in [0, 0.05) is 0 Å². The van der Waals surface area contributed by atoms with Crippen molar-refractivity contribution in [1.29, 1.82) is 0 Å². The molecule has 5 nitrogen and oxygen atoms in total. The number of carbonyl (C=O) groups excluding carboxylic acids is 1. The second-order valence-corrected chi connectivity index (χ2v) is 5.48. The molecule has 0 saturated heterocycles. The van der Waals surface area contributed by atoms with Crippen molar-refractivity contribution in [3.63, 3.8) is 0 Å². The number of carbonyl (C=O) groups is 1. The predicted octanol–water partition coefficient (Wildman–Crippen LogP) is 1.52. The van der Waals surface area contributed by atoms with Gasteiger partial charge in [-0.25, -0.2) is 0 Å². The van der Waals surface area contributed by atoms with Crippen LogP contribution in [0.2, 0.25) is 0 Å². The average Bonchev–Trinajstić information content (AvgIpc) is 2.81. The Hall–Kier alpha value is -1.01. The van der Waals surface area contributed by atoms with E-state index in [0.29, 0.717) is 4.88 Å². The van der Waals surface area contributed by atoms with Gasteiger partial charge in [-0.15, -0.1) is 5.10 Å². The van der Waals surface area contributed by atoms with Gasteiger partial charge in [0.25, 0.3) is 5.91 Å². The van der Waals surface area contributed by atoms with E-state index in [1.54, 1.807) is 0 Å². The van der Waals surface area contributed by atoms with Crippen LogP contribution < -0.4 is 5.32 Å². The highest BCUT2D eigenvalue weighted by molar-refractivity contribution is 7.08. The van der Waals surface area contributed by atoms with Gasteiger partial charge in [-0.3, -0.25) is 4.79 Å². The van der Waals surface area contributed by atoms with Crippen molar-refractivity contribution in [2.45, 2.75) is 57.6 Å². The third kappa shape index (κ3) is 3.05. The van der Waals surface area contributed by atoms with Gasteiger partial charge in [0.05, 0.1) is 17.8 Å². The zero-order valence-corrected chi connectivity index (χ0v) is 11.4. The minimum Gasteiger partial charge on any atom is -0.391 e. The van der Waals surface area contributed by atoms with E-state index in [1.807, 2.05) is 6.92 Å². The molecular weight excluding hydrogens is 250 g/mol. The summed E-state index contributed by atoms with van der Waals surface area (Å²) >= 11 is 1.13.